The first kappa shape index (κ1) is 21.0. The Morgan fingerprint density at radius 2 is 2.00 bits per heavy atom. The maximum Gasteiger partial charge on any atom is 0.410 e. The molecule has 0 bridgehead atoms. The van der Waals surface area contributed by atoms with Crippen molar-refractivity contribution in [2.45, 2.75) is 65.8 Å². The third kappa shape index (κ3) is 5.88. The fraction of sp³-hybridized carbons (Fsp3) is 0.650. The van der Waals surface area contributed by atoms with E-state index in [0.29, 0.717) is 6.54 Å². The lowest BCUT2D eigenvalue weighted by molar-refractivity contribution is 0.000403. The summed E-state index contributed by atoms with van der Waals surface area (Å²) in [5.41, 5.74) is 0.686. The van der Waals surface area contributed by atoms with Gasteiger partial charge in [0.05, 0.1) is 6.10 Å². The minimum absolute atomic E-state index is 0.107. The summed E-state index contributed by atoms with van der Waals surface area (Å²) in [5.74, 6) is 0.914. The molecule has 146 valence electrons. The van der Waals surface area contributed by atoms with Crippen LogP contribution in [0.4, 0.5) is 4.79 Å². The van der Waals surface area contributed by atoms with E-state index in [1.807, 2.05) is 57.7 Å². The molecule has 0 spiro atoms. The molecule has 0 saturated carbocycles. The second-order valence-electron chi connectivity index (χ2n) is 8.14. The number of rotatable bonds is 4. The van der Waals surface area contributed by atoms with Gasteiger partial charge in [-0.05, 0) is 53.7 Å². The van der Waals surface area contributed by atoms with Crippen LogP contribution in [-0.4, -0.2) is 53.3 Å². The number of amides is 1. The van der Waals surface area contributed by atoms with Crippen molar-refractivity contribution in [2.24, 2.45) is 0 Å². The smallest absolute Gasteiger partial charge is 0.410 e. The van der Waals surface area contributed by atoms with E-state index in [9.17, 15) is 4.79 Å². The lowest BCUT2D eigenvalue weighted by atomic mass is 10.1. The number of hydrogen-bond acceptors (Lipinski definition) is 4. The lowest BCUT2D eigenvalue weighted by Gasteiger charge is -2.40. The van der Waals surface area contributed by atoms with Gasteiger partial charge in [-0.25, -0.2) is 4.79 Å². The zero-order valence-electron chi connectivity index (χ0n) is 16.7. The molecule has 1 aliphatic rings. The van der Waals surface area contributed by atoms with E-state index < -0.39 is 5.60 Å². The van der Waals surface area contributed by atoms with Gasteiger partial charge in [-0.15, -0.1) is 0 Å². The Hall–Kier alpha value is -1.27. The molecule has 1 saturated heterocycles. The molecular formula is C20H31BrN2O3. The van der Waals surface area contributed by atoms with Crippen molar-refractivity contribution in [3.63, 3.8) is 0 Å². The predicted octanol–water partition coefficient (Wildman–Crippen LogP) is 4.68. The van der Waals surface area contributed by atoms with Crippen LogP contribution in [0.15, 0.2) is 22.7 Å². The summed E-state index contributed by atoms with van der Waals surface area (Å²) in [7, 11) is 0. The molecule has 0 aliphatic carbocycles. The van der Waals surface area contributed by atoms with Crippen LogP contribution in [0.5, 0.6) is 5.75 Å². The number of carbonyl (C=O) groups is 1. The number of benzene rings is 1. The van der Waals surface area contributed by atoms with Crippen molar-refractivity contribution in [3.8, 4) is 5.75 Å². The number of nitrogens with zero attached hydrogens (tertiary/aromatic N) is 2. The first-order valence-electron chi connectivity index (χ1n) is 9.23. The van der Waals surface area contributed by atoms with Gasteiger partial charge in [-0.3, -0.25) is 4.90 Å². The van der Waals surface area contributed by atoms with Crippen LogP contribution < -0.4 is 4.74 Å². The first-order chi connectivity index (χ1) is 12.1. The third-order valence-corrected chi connectivity index (χ3v) is 4.90. The Labute approximate surface area is 165 Å². The minimum Gasteiger partial charge on any atom is -0.491 e. The number of halogens is 1. The molecular weight excluding hydrogens is 396 g/mol. The Kier molecular flexibility index (Phi) is 6.97. The number of hydrogen-bond donors (Lipinski definition) is 0. The zero-order chi connectivity index (χ0) is 19.5. The standard InChI is InChI=1S/C20H31BrN2O3/c1-14(2)25-18-9-7-8-17(21)16(18)13-22-10-11-23(15(3)12-22)19(24)26-20(4,5)6/h7-9,14-15H,10-13H2,1-6H3/t15-/m1/s1. The topological polar surface area (TPSA) is 42.0 Å². The minimum atomic E-state index is -0.466. The fourth-order valence-corrected chi connectivity index (χ4v) is 3.52. The normalized spacial score (nSPS) is 18.9. The summed E-state index contributed by atoms with van der Waals surface area (Å²) in [6.45, 7) is 14.9. The monoisotopic (exact) mass is 426 g/mol. The summed E-state index contributed by atoms with van der Waals surface area (Å²) in [6.07, 6.45) is -0.0969. The van der Waals surface area contributed by atoms with Crippen molar-refractivity contribution in [1.82, 2.24) is 9.80 Å². The number of ether oxygens (including phenoxy) is 2. The average molecular weight is 427 g/mol. The van der Waals surface area contributed by atoms with Crippen LogP contribution >= 0.6 is 15.9 Å². The Morgan fingerprint density at radius 1 is 1.31 bits per heavy atom. The van der Waals surface area contributed by atoms with Crippen molar-refractivity contribution in [2.75, 3.05) is 19.6 Å². The van der Waals surface area contributed by atoms with Gasteiger partial charge in [0.25, 0.3) is 0 Å². The quantitative estimate of drug-likeness (QED) is 0.700. The van der Waals surface area contributed by atoms with Crippen molar-refractivity contribution < 1.29 is 14.3 Å². The molecule has 1 heterocycles. The van der Waals surface area contributed by atoms with Crippen LogP contribution in [0.25, 0.3) is 0 Å². The molecule has 5 nitrogen and oxygen atoms in total. The zero-order valence-corrected chi connectivity index (χ0v) is 18.3. The van der Waals surface area contributed by atoms with E-state index >= 15 is 0 Å². The molecule has 2 rings (SSSR count). The second-order valence-corrected chi connectivity index (χ2v) is 9.00. The van der Waals surface area contributed by atoms with Crippen molar-refractivity contribution in [3.05, 3.63) is 28.2 Å². The Bertz CT molecular complexity index is 628. The van der Waals surface area contributed by atoms with Gasteiger partial charge in [0.2, 0.25) is 0 Å². The van der Waals surface area contributed by atoms with E-state index in [2.05, 4.69) is 27.8 Å². The van der Waals surface area contributed by atoms with Gasteiger partial charge in [-0.2, -0.15) is 0 Å². The highest BCUT2D eigenvalue weighted by Gasteiger charge is 2.31. The van der Waals surface area contributed by atoms with E-state index in [-0.39, 0.29) is 18.2 Å². The predicted molar refractivity (Wildman–Crippen MR) is 108 cm³/mol. The van der Waals surface area contributed by atoms with Gasteiger partial charge in [-0.1, -0.05) is 22.0 Å². The van der Waals surface area contributed by atoms with Crippen LogP contribution in [0, 0.1) is 0 Å². The number of piperazine rings is 1. The molecule has 1 atom stereocenters. The SMILES string of the molecule is CC(C)Oc1cccc(Br)c1CN1CCN(C(=O)OC(C)(C)C)[C@H](C)C1. The molecule has 1 aromatic rings. The summed E-state index contributed by atoms with van der Waals surface area (Å²) < 4.78 is 12.5. The van der Waals surface area contributed by atoms with E-state index in [1.165, 1.54) is 0 Å². The maximum absolute atomic E-state index is 12.4. The van der Waals surface area contributed by atoms with Crippen LogP contribution in [0.3, 0.4) is 0 Å². The van der Waals surface area contributed by atoms with Gasteiger partial charge in [0.1, 0.15) is 11.4 Å². The molecule has 26 heavy (non-hydrogen) atoms. The van der Waals surface area contributed by atoms with E-state index in [1.54, 1.807) is 0 Å². The fourth-order valence-electron chi connectivity index (χ4n) is 3.05. The van der Waals surface area contributed by atoms with Gasteiger partial charge in [0, 0.05) is 42.3 Å². The first-order valence-corrected chi connectivity index (χ1v) is 10.0. The van der Waals surface area contributed by atoms with Crippen molar-refractivity contribution in [1.29, 1.82) is 0 Å². The maximum atomic E-state index is 12.4. The number of carbonyl (C=O) groups excluding carboxylic acids is 1. The molecule has 0 unspecified atom stereocenters. The Morgan fingerprint density at radius 3 is 2.58 bits per heavy atom. The Balaban J connectivity index is 2.03. The summed E-state index contributed by atoms with van der Waals surface area (Å²) in [5, 5.41) is 0. The van der Waals surface area contributed by atoms with Gasteiger partial charge in [0.15, 0.2) is 0 Å². The van der Waals surface area contributed by atoms with Crippen LogP contribution in [-0.2, 0) is 11.3 Å². The third-order valence-electron chi connectivity index (χ3n) is 4.16. The molecule has 1 amide bonds. The highest BCUT2D eigenvalue weighted by Crippen LogP contribution is 2.30. The summed E-state index contributed by atoms with van der Waals surface area (Å²) >= 11 is 3.66. The van der Waals surface area contributed by atoms with Crippen LogP contribution in [0.2, 0.25) is 0 Å². The van der Waals surface area contributed by atoms with Gasteiger partial charge < -0.3 is 14.4 Å². The molecule has 6 heteroatoms. The highest BCUT2D eigenvalue weighted by atomic mass is 79.9. The molecule has 0 aromatic heterocycles. The van der Waals surface area contributed by atoms with E-state index in [0.717, 1.165) is 35.4 Å². The molecule has 1 aliphatic heterocycles. The molecule has 1 fully saturated rings. The molecule has 1 aromatic carbocycles. The van der Waals surface area contributed by atoms with Crippen LogP contribution in [0.1, 0.15) is 47.1 Å². The second kappa shape index (κ2) is 8.61. The molecule has 0 N–H and O–H groups in total. The molecule has 0 radical (unpaired) electrons. The van der Waals surface area contributed by atoms with E-state index in [4.69, 9.17) is 9.47 Å². The highest BCUT2D eigenvalue weighted by molar-refractivity contribution is 9.10. The largest absolute Gasteiger partial charge is 0.491 e. The summed E-state index contributed by atoms with van der Waals surface area (Å²) in [4.78, 5) is 16.6. The summed E-state index contributed by atoms with van der Waals surface area (Å²) in [6, 6.07) is 6.16. The van der Waals surface area contributed by atoms with Crippen molar-refractivity contribution >= 4 is 22.0 Å². The lowest BCUT2D eigenvalue weighted by Crippen LogP contribution is -2.54. The van der Waals surface area contributed by atoms with Gasteiger partial charge >= 0.3 is 6.09 Å². The average Bonchev–Trinajstić information content (AvgIpc) is 2.48.